The zero-order valence-electron chi connectivity index (χ0n) is 14.5. The van der Waals surface area contributed by atoms with Crippen molar-refractivity contribution in [1.29, 1.82) is 0 Å². The zero-order valence-corrected chi connectivity index (χ0v) is 14.5. The van der Waals surface area contributed by atoms with Gasteiger partial charge in [-0.05, 0) is 50.9 Å². The van der Waals surface area contributed by atoms with Gasteiger partial charge in [0, 0.05) is 31.5 Å². The fraction of sp³-hybridized carbons (Fsp3) is 0.722. The van der Waals surface area contributed by atoms with E-state index in [0.29, 0.717) is 11.7 Å². The monoisotopic (exact) mass is 346 g/mol. The molecular weight excluding hydrogens is 320 g/mol. The maximum atomic E-state index is 12.9. The van der Waals surface area contributed by atoms with Crippen molar-refractivity contribution in [2.24, 2.45) is 11.7 Å². The first kappa shape index (κ1) is 16.6. The summed E-state index contributed by atoms with van der Waals surface area (Å²) in [4.78, 5) is 30.4. The van der Waals surface area contributed by atoms with E-state index in [1.807, 2.05) is 11.1 Å². The minimum atomic E-state index is -0.430. The second-order valence-electron chi connectivity index (χ2n) is 7.45. The first-order valence-corrected chi connectivity index (χ1v) is 9.42. The predicted molar refractivity (Wildman–Crippen MR) is 90.9 cm³/mol. The van der Waals surface area contributed by atoms with Crippen LogP contribution in [-0.2, 0) is 22.5 Å². The Kier molecular flexibility index (Phi) is 4.50. The Balaban J connectivity index is 1.35. The lowest BCUT2D eigenvalue weighted by molar-refractivity contribution is -0.130. The summed E-state index contributed by atoms with van der Waals surface area (Å²) in [5.74, 6) is 0.690. The van der Waals surface area contributed by atoms with Gasteiger partial charge >= 0.3 is 0 Å². The number of aromatic nitrogens is 2. The highest BCUT2D eigenvalue weighted by Gasteiger charge is 2.37. The van der Waals surface area contributed by atoms with Crippen molar-refractivity contribution in [2.75, 3.05) is 13.1 Å². The number of carbonyl (C=O) groups excluding carboxylic acids is 2. The quantitative estimate of drug-likeness (QED) is 0.887. The minimum absolute atomic E-state index is 0.0500. The first-order valence-electron chi connectivity index (χ1n) is 9.42. The summed E-state index contributed by atoms with van der Waals surface area (Å²) >= 11 is 0. The Hall–Kier alpha value is -1.89. The molecule has 0 unspecified atom stereocenters. The van der Waals surface area contributed by atoms with Crippen LogP contribution in [0.25, 0.3) is 0 Å². The summed E-state index contributed by atoms with van der Waals surface area (Å²) in [6.45, 7) is 2.36. The van der Waals surface area contributed by atoms with Gasteiger partial charge in [-0.2, -0.15) is 0 Å². The van der Waals surface area contributed by atoms with Crippen LogP contribution in [0.2, 0.25) is 0 Å². The second kappa shape index (κ2) is 6.78. The molecule has 0 aliphatic carbocycles. The molecule has 7 heteroatoms. The molecule has 2 N–H and O–H groups in total. The summed E-state index contributed by atoms with van der Waals surface area (Å²) in [5.41, 5.74) is 6.52. The molecule has 1 aromatic heterocycles. The van der Waals surface area contributed by atoms with Crippen molar-refractivity contribution in [1.82, 2.24) is 14.5 Å². The summed E-state index contributed by atoms with van der Waals surface area (Å²) in [5, 5.41) is 0. The topological polar surface area (TPSA) is 90.5 Å². The van der Waals surface area contributed by atoms with Gasteiger partial charge < -0.3 is 19.9 Å². The van der Waals surface area contributed by atoms with Crippen molar-refractivity contribution in [3.63, 3.8) is 0 Å². The van der Waals surface area contributed by atoms with Gasteiger partial charge in [0.15, 0.2) is 5.82 Å². The lowest BCUT2D eigenvalue weighted by Crippen LogP contribution is -2.42. The van der Waals surface area contributed by atoms with Crippen LogP contribution in [0.5, 0.6) is 0 Å². The molecule has 0 radical (unpaired) electrons. The van der Waals surface area contributed by atoms with Gasteiger partial charge in [-0.15, -0.1) is 0 Å². The Bertz CT molecular complexity index is 663. The number of ether oxygens (including phenoxy) is 1. The molecule has 2 atom stereocenters. The molecule has 0 aromatic carbocycles. The van der Waals surface area contributed by atoms with E-state index in [9.17, 15) is 9.59 Å². The highest BCUT2D eigenvalue weighted by Crippen LogP contribution is 2.32. The standard InChI is InChI=1S/C18H26N4O3/c19-16(23)15-5-4-14(25-15)12-6-9-21(10-7-12)18(24)17-20-11-13-3-1-2-8-22(13)17/h11-12,14-15H,1-10H2,(H2,19,23)/t14-,15+/m0/s1. The number of rotatable bonds is 3. The highest BCUT2D eigenvalue weighted by atomic mass is 16.5. The van der Waals surface area contributed by atoms with E-state index in [2.05, 4.69) is 9.55 Å². The fourth-order valence-electron chi connectivity index (χ4n) is 4.44. The molecule has 4 rings (SSSR count). The number of imidazole rings is 1. The van der Waals surface area contributed by atoms with E-state index in [1.165, 1.54) is 12.1 Å². The molecule has 0 spiro atoms. The normalized spacial score (nSPS) is 27.3. The summed E-state index contributed by atoms with van der Waals surface area (Å²) in [7, 11) is 0. The van der Waals surface area contributed by atoms with Crippen molar-refractivity contribution < 1.29 is 14.3 Å². The summed E-state index contributed by atoms with van der Waals surface area (Å²) in [6, 6.07) is 0. The number of hydrogen-bond donors (Lipinski definition) is 1. The number of aryl methyl sites for hydroxylation is 1. The van der Waals surface area contributed by atoms with Crippen LogP contribution in [0.1, 0.15) is 54.8 Å². The lowest BCUT2D eigenvalue weighted by Gasteiger charge is -2.34. The third kappa shape index (κ3) is 3.17. The number of carbonyl (C=O) groups is 2. The molecular formula is C18H26N4O3. The number of hydrogen-bond acceptors (Lipinski definition) is 4. The maximum Gasteiger partial charge on any atom is 0.289 e. The number of nitrogens with zero attached hydrogens (tertiary/aromatic N) is 3. The molecule has 0 bridgehead atoms. The van der Waals surface area contributed by atoms with E-state index >= 15 is 0 Å². The van der Waals surface area contributed by atoms with Crippen LogP contribution in [-0.4, -0.2) is 51.6 Å². The average molecular weight is 346 g/mol. The molecule has 3 aliphatic rings. The molecule has 136 valence electrons. The van der Waals surface area contributed by atoms with Crippen LogP contribution in [0.4, 0.5) is 0 Å². The SMILES string of the molecule is NC(=O)[C@H]1CC[C@@H](C2CCN(C(=O)c3ncc4n3CCCC4)CC2)O1. The number of fused-ring (bicyclic) bond motifs is 1. The van der Waals surface area contributed by atoms with Crippen molar-refractivity contribution in [3.05, 3.63) is 17.7 Å². The number of piperidine rings is 1. The molecule has 3 aliphatic heterocycles. The number of primary amides is 1. The van der Waals surface area contributed by atoms with Gasteiger partial charge in [-0.1, -0.05) is 0 Å². The van der Waals surface area contributed by atoms with E-state index in [1.54, 1.807) is 0 Å². The van der Waals surface area contributed by atoms with Gasteiger partial charge in [0.1, 0.15) is 6.10 Å². The molecule has 7 nitrogen and oxygen atoms in total. The predicted octanol–water partition coefficient (Wildman–Crippen LogP) is 1.10. The van der Waals surface area contributed by atoms with Gasteiger partial charge in [0.25, 0.3) is 5.91 Å². The first-order chi connectivity index (χ1) is 12.1. The molecule has 2 fully saturated rings. The average Bonchev–Trinajstić information content (AvgIpc) is 3.29. The molecule has 2 amide bonds. The van der Waals surface area contributed by atoms with Crippen LogP contribution in [0.3, 0.4) is 0 Å². The van der Waals surface area contributed by atoms with Crippen LogP contribution < -0.4 is 5.73 Å². The molecule has 1 aromatic rings. The number of amides is 2. The molecule has 0 saturated carbocycles. The smallest absolute Gasteiger partial charge is 0.289 e. The van der Waals surface area contributed by atoms with Crippen LogP contribution in [0.15, 0.2) is 6.20 Å². The van der Waals surface area contributed by atoms with Crippen LogP contribution >= 0.6 is 0 Å². The largest absolute Gasteiger partial charge is 0.367 e. The third-order valence-corrected chi connectivity index (χ3v) is 5.92. The highest BCUT2D eigenvalue weighted by molar-refractivity contribution is 5.91. The maximum absolute atomic E-state index is 12.9. The van der Waals surface area contributed by atoms with Crippen molar-refractivity contribution in [3.8, 4) is 0 Å². The van der Waals surface area contributed by atoms with Crippen molar-refractivity contribution >= 4 is 11.8 Å². The third-order valence-electron chi connectivity index (χ3n) is 5.92. The Labute approximate surface area is 147 Å². The Morgan fingerprint density at radius 3 is 2.64 bits per heavy atom. The van der Waals surface area contributed by atoms with Crippen LogP contribution in [0, 0.1) is 5.92 Å². The lowest BCUT2D eigenvalue weighted by atomic mass is 9.89. The van der Waals surface area contributed by atoms with E-state index < -0.39 is 6.10 Å². The van der Waals surface area contributed by atoms with E-state index in [-0.39, 0.29) is 17.9 Å². The van der Waals surface area contributed by atoms with Gasteiger partial charge in [-0.25, -0.2) is 4.98 Å². The van der Waals surface area contributed by atoms with Crippen molar-refractivity contribution in [2.45, 2.75) is 63.7 Å². The van der Waals surface area contributed by atoms with Gasteiger partial charge in [0.05, 0.1) is 6.10 Å². The number of nitrogens with two attached hydrogens (primary N) is 1. The molecule has 25 heavy (non-hydrogen) atoms. The molecule has 2 saturated heterocycles. The van der Waals surface area contributed by atoms with E-state index in [4.69, 9.17) is 10.5 Å². The fourth-order valence-corrected chi connectivity index (χ4v) is 4.44. The number of likely N-dealkylation sites (tertiary alicyclic amines) is 1. The zero-order chi connectivity index (χ0) is 17.4. The minimum Gasteiger partial charge on any atom is -0.367 e. The Morgan fingerprint density at radius 2 is 1.92 bits per heavy atom. The Morgan fingerprint density at radius 1 is 1.12 bits per heavy atom. The van der Waals surface area contributed by atoms with E-state index in [0.717, 1.165) is 58.2 Å². The van der Waals surface area contributed by atoms with Gasteiger partial charge in [0.2, 0.25) is 5.91 Å². The summed E-state index contributed by atoms with van der Waals surface area (Å²) < 4.78 is 7.90. The molecule has 4 heterocycles. The summed E-state index contributed by atoms with van der Waals surface area (Å²) in [6.07, 6.45) is 8.28. The second-order valence-corrected chi connectivity index (χ2v) is 7.45. The van der Waals surface area contributed by atoms with Gasteiger partial charge in [-0.3, -0.25) is 9.59 Å².